The van der Waals surface area contributed by atoms with E-state index in [9.17, 15) is 22.8 Å². The number of sulfonamides is 1. The van der Waals surface area contributed by atoms with Crippen molar-refractivity contribution in [2.24, 2.45) is 0 Å². The highest BCUT2D eigenvalue weighted by Gasteiger charge is 2.28. The Morgan fingerprint density at radius 3 is 1.94 bits per heavy atom. The number of nitrogens with one attached hydrogen (secondary N) is 3. The Hall–Kier alpha value is -3.54. The van der Waals surface area contributed by atoms with Crippen molar-refractivity contribution in [3.63, 3.8) is 0 Å². The van der Waals surface area contributed by atoms with Crippen LogP contribution in [0.1, 0.15) is 12.5 Å². The molecule has 166 valence electrons. The van der Waals surface area contributed by atoms with Gasteiger partial charge < -0.3 is 20.7 Å². The Morgan fingerprint density at radius 2 is 1.48 bits per heavy atom. The van der Waals surface area contributed by atoms with E-state index in [0.29, 0.717) is 5.56 Å². The lowest BCUT2D eigenvalue weighted by atomic mass is 10.2. The molecule has 0 spiro atoms. The van der Waals surface area contributed by atoms with Gasteiger partial charge in [0.05, 0.1) is 37.7 Å². The molecule has 10 nitrogen and oxygen atoms in total. The predicted molar refractivity (Wildman–Crippen MR) is 113 cm³/mol. The first-order valence-electron chi connectivity index (χ1n) is 9.14. The molecule has 0 saturated heterocycles. The normalized spacial score (nSPS) is 10.5. The van der Waals surface area contributed by atoms with Gasteiger partial charge >= 0.3 is 6.09 Å². The number of hydrogen-bond acceptors (Lipinski definition) is 6. The maximum absolute atomic E-state index is 13.0. The Labute approximate surface area is 181 Å². The van der Waals surface area contributed by atoms with E-state index in [2.05, 4.69) is 27.8 Å². The Bertz CT molecular complexity index is 929. The van der Waals surface area contributed by atoms with E-state index in [1.807, 2.05) is 0 Å². The fourth-order valence-electron chi connectivity index (χ4n) is 2.24. The monoisotopic (exact) mass is 448 g/mol. The zero-order chi connectivity index (χ0) is 23.3. The summed E-state index contributed by atoms with van der Waals surface area (Å²) in [5, 5.41) is 7.22. The van der Waals surface area contributed by atoms with Crippen molar-refractivity contribution in [1.29, 1.82) is 0 Å². The fraction of sp³-hybridized carbons (Fsp3) is 0.350. The van der Waals surface area contributed by atoms with Crippen LogP contribution in [-0.2, 0) is 30.9 Å². The molecule has 0 atom stereocenters. The van der Waals surface area contributed by atoms with Gasteiger partial charge in [0.2, 0.25) is 21.8 Å². The average Bonchev–Trinajstić information content (AvgIpc) is 2.74. The van der Waals surface area contributed by atoms with E-state index in [4.69, 9.17) is 17.6 Å². The molecule has 3 N–H and O–H groups in total. The number of carbonyl (C=O) groups is 3. The minimum atomic E-state index is -4.20. The second-order valence-electron chi connectivity index (χ2n) is 5.95. The minimum Gasteiger partial charge on any atom is -0.450 e. The molecule has 0 aliphatic rings. The van der Waals surface area contributed by atoms with Crippen molar-refractivity contribution < 1.29 is 27.5 Å². The summed E-state index contributed by atoms with van der Waals surface area (Å²) in [6, 6.07) is 5.61. The topological polar surface area (TPSA) is 134 Å². The van der Waals surface area contributed by atoms with Gasteiger partial charge in [-0.2, -0.15) is 4.31 Å². The van der Waals surface area contributed by atoms with Crippen molar-refractivity contribution in [1.82, 2.24) is 20.3 Å². The highest BCUT2D eigenvalue weighted by atomic mass is 32.2. The van der Waals surface area contributed by atoms with Gasteiger partial charge in [0.25, 0.3) is 0 Å². The number of terminal acetylenes is 2. The summed E-state index contributed by atoms with van der Waals surface area (Å²) in [6.07, 6.45) is 9.57. The van der Waals surface area contributed by atoms with Gasteiger partial charge in [0, 0.05) is 6.54 Å². The average molecular weight is 449 g/mol. The lowest BCUT2D eigenvalue weighted by Gasteiger charge is -2.21. The first-order valence-corrected chi connectivity index (χ1v) is 10.6. The van der Waals surface area contributed by atoms with Crippen LogP contribution in [0, 0.1) is 24.7 Å². The fourth-order valence-corrected chi connectivity index (χ4v) is 3.59. The molecule has 0 aromatic heterocycles. The highest BCUT2D eigenvalue weighted by molar-refractivity contribution is 7.89. The zero-order valence-electron chi connectivity index (χ0n) is 17.0. The Morgan fingerprint density at radius 1 is 0.968 bits per heavy atom. The molecule has 0 unspecified atom stereocenters. The number of alkyl carbamates (subject to hydrolysis) is 1. The lowest BCUT2D eigenvalue weighted by molar-refractivity contribution is -0.123. The molecule has 1 rings (SSSR count). The van der Waals surface area contributed by atoms with E-state index in [1.54, 1.807) is 6.92 Å². The van der Waals surface area contributed by atoms with Crippen molar-refractivity contribution in [2.45, 2.75) is 18.4 Å². The molecule has 0 fully saturated rings. The van der Waals surface area contributed by atoms with Crippen LogP contribution < -0.4 is 16.0 Å². The minimum absolute atomic E-state index is 0.0851. The molecule has 0 bridgehead atoms. The van der Waals surface area contributed by atoms with Gasteiger partial charge in [-0.1, -0.05) is 24.0 Å². The van der Waals surface area contributed by atoms with Crippen molar-refractivity contribution >= 4 is 27.9 Å². The summed E-state index contributed by atoms with van der Waals surface area (Å²) >= 11 is 0. The third-order valence-electron chi connectivity index (χ3n) is 3.69. The summed E-state index contributed by atoms with van der Waals surface area (Å²) < 4.78 is 31.5. The maximum atomic E-state index is 13.0. The van der Waals surface area contributed by atoms with Gasteiger partial charge in [0.1, 0.15) is 0 Å². The zero-order valence-corrected chi connectivity index (χ0v) is 17.8. The van der Waals surface area contributed by atoms with Crippen LogP contribution in [-0.4, -0.2) is 63.4 Å². The molecule has 11 heteroatoms. The summed E-state index contributed by atoms with van der Waals surface area (Å²) in [5.74, 6) is 3.08. The third-order valence-corrected chi connectivity index (χ3v) is 5.49. The van der Waals surface area contributed by atoms with Gasteiger partial charge in [-0.15, -0.1) is 12.8 Å². The van der Waals surface area contributed by atoms with Crippen molar-refractivity contribution in [3.05, 3.63) is 29.8 Å². The van der Waals surface area contributed by atoms with Gasteiger partial charge in [-0.05, 0) is 24.6 Å². The van der Waals surface area contributed by atoms with E-state index >= 15 is 0 Å². The molecule has 31 heavy (non-hydrogen) atoms. The van der Waals surface area contributed by atoms with Crippen LogP contribution in [0.25, 0.3) is 0 Å². The van der Waals surface area contributed by atoms with Crippen molar-refractivity contribution in [2.75, 3.05) is 32.8 Å². The SMILES string of the molecule is C#CCNC(=O)CN(CC(=O)NCC#C)S(=O)(=O)c1ccc(CNC(=O)OCC)cc1. The van der Waals surface area contributed by atoms with Crippen LogP contribution in [0.4, 0.5) is 4.79 Å². The van der Waals surface area contributed by atoms with Crippen LogP contribution >= 0.6 is 0 Å². The number of benzene rings is 1. The van der Waals surface area contributed by atoms with Gasteiger partial charge in [-0.3, -0.25) is 9.59 Å². The number of rotatable bonds is 11. The molecule has 0 aliphatic carbocycles. The van der Waals surface area contributed by atoms with E-state index in [1.165, 1.54) is 24.3 Å². The molecule has 1 aromatic rings. The van der Waals surface area contributed by atoms with Crippen molar-refractivity contribution in [3.8, 4) is 24.7 Å². The largest absolute Gasteiger partial charge is 0.450 e. The standard InChI is InChI=1S/C20H24N4O6S/c1-4-11-21-18(25)14-24(15-19(26)22-12-5-2)31(28,29)17-9-7-16(8-10-17)13-23-20(27)30-6-3/h1-2,7-10H,6,11-15H2,3H3,(H,21,25)(H,22,26)(H,23,27). The van der Waals surface area contributed by atoms with Gasteiger partial charge in [0.15, 0.2) is 0 Å². The van der Waals surface area contributed by atoms with Crippen LogP contribution in [0.5, 0.6) is 0 Å². The molecule has 1 aromatic carbocycles. The first kappa shape index (κ1) is 25.5. The van der Waals surface area contributed by atoms with Crippen LogP contribution in [0.2, 0.25) is 0 Å². The summed E-state index contributed by atoms with van der Waals surface area (Å²) in [6.45, 7) is 0.634. The van der Waals surface area contributed by atoms with E-state index in [0.717, 1.165) is 4.31 Å². The second-order valence-corrected chi connectivity index (χ2v) is 7.89. The maximum Gasteiger partial charge on any atom is 0.407 e. The Balaban J connectivity index is 3.00. The molecule has 0 aliphatic heterocycles. The number of carbonyl (C=O) groups excluding carboxylic acids is 3. The van der Waals surface area contributed by atoms with E-state index < -0.39 is 41.0 Å². The highest BCUT2D eigenvalue weighted by Crippen LogP contribution is 2.16. The van der Waals surface area contributed by atoms with Crippen LogP contribution in [0.15, 0.2) is 29.2 Å². The second kappa shape index (κ2) is 12.9. The number of ether oxygens (including phenoxy) is 1. The first-order chi connectivity index (χ1) is 14.7. The molecule has 0 heterocycles. The molecular weight excluding hydrogens is 424 g/mol. The summed E-state index contributed by atoms with van der Waals surface area (Å²) in [5.41, 5.74) is 0.622. The lowest BCUT2D eigenvalue weighted by Crippen LogP contribution is -2.45. The molecular formula is C20H24N4O6S. The molecule has 0 saturated carbocycles. The summed E-state index contributed by atoms with van der Waals surface area (Å²) in [7, 11) is -4.20. The number of hydrogen-bond donors (Lipinski definition) is 3. The smallest absolute Gasteiger partial charge is 0.407 e. The number of amides is 3. The molecule has 3 amide bonds. The molecule has 0 radical (unpaired) electrons. The predicted octanol–water partition coefficient (Wildman–Crippen LogP) is -0.578. The quantitative estimate of drug-likeness (QED) is 0.388. The third kappa shape index (κ3) is 8.78. The van der Waals surface area contributed by atoms with Crippen LogP contribution in [0.3, 0.4) is 0 Å². The van der Waals surface area contributed by atoms with E-state index in [-0.39, 0.29) is 31.1 Å². The van der Waals surface area contributed by atoms with Gasteiger partial charge in [-0.25, -0.2) is 13.2 Å². The summed E-state index contributed by atoms with van der Waals surface area (Å²) in [4.78, 5) is 35.2. The Kier molecular flexibility index (Phi) is 10.6. The number of nitrogens with zero attached hydrogens (tertiary/aromatic N) is 1.